The molecule has 0 aliphatic carbocycles. The van der Waals surface area contributed by atoms with Crippen molar-refractivity contribution in [1.82, 2.24) is 5.32 Å². The number of anilines is 1. The molecule has 1 heterocycles. The Labute approximate surface area is 177 Å². The molecule has 0 spiro atoms. The van der Waals surface area contributed by atoms with Crippen LogP contribution in [-0.2, 0) is 14.4 Å². The summed E-state index contributed by atoms with van der Waals surface area (Å²) < 4.78 is 5.54. The first-order valence-electron chi connectivity index (χ1n) is 8.07. The molecule has 1 saturated heterocycles. The van der Waals surface area contributed by atoms with Gasteiger partial charge in [0, 0.05) is 5.02 Å². The van der Waals surface area contributed by atoms with Gasteiger partial charge in [-0.05, 0) is 64.0 Å². The van der Waals surface area contributed by atoms with E-state index in [0.29, 0.717) is 15.1 Å². The molecule has 1 fully saturated rings. The number of benzene rings is 2. The highest BCUT2D eigenvalue weighted by molar-refractivity contribution is 9.10. The fourth-order valence-electron chi connectivity index (χ4n) is 2.51. The molecule has 10 heteroatoms. The second-order valence-electron chi connectivity index (χ2n) is 5.81. The maximum absolute atomic E-state index is 12.8. The zero-order chi connectivity index (χ0) is 21.1. The van der Waals surface area contributed by atoms with E-state index in [9.17, 15) is 19.2 Å². The molecule has 4 amide bonds. The second-order valence-corrected chi connectivity index (χ2v) is 7.10. The lowest BCUT2D eigenvalue weighted by Gasteiger charge is -2.26. The fourth-order valence-corrected chi connectivity index (χ4v) is 3.15. The van der Waals surface area contributed by atoms with E-state index in [-0.39, 0.29) is 17.0 Å². The first-order chi connectivity index (χ1) is 13.8. The number of aliphatic carboxylic acids is 1. The number of nitrogens with one attached hydrogen (secondary N) is 1. The van der Waals surface area contributed by atoms with Gasteiger partial charge in [0.2, 0.25) is 0 Å². The van der Waals surface area contributed by atoms with E-state index in [1.54, 1.807) is 12.1 Å². The van der Waals surface area contributed by atoms with Gasteiger partial charge in [-0.15, -0.1) is 0 Å². The predicted molar refractivity (Wildman–Crippen MR) is 108 cm³/mol. The van der Waals surface area contributed by atoms with E-state index in [4.69, 9.17) is 21.4 Å². The summed E-state index contributed by atoms with van der Waals surface area (Å²) in [5.74, 6) is -2.46. The summed E-state index contributed by atoms with van der Waals surface area (Å²) >= 11 is 9.08. The topological polar surface area (TPSA) is 113 Å². The van der Waals surface area contributed by atoms with Gasteiger partial charge >= 0.3 is 12.0 Å². The van der Waals surface area contributed by atoms with Gasteiger partial charge in [-0.2, -0.15) is 0 Å². The minimum atomic E-state index is -1.13. The predicted octanol–water partition coefficient (Wildman–Crippen LogP) is 3.23. The third-order valence-electron chi connectivity index (χ3n) is 3.80. The van der Waals surface area contributed by atoms with Crippen molar-refractivity contribution in [2.75, 3.05) is 11.5 Å². The lowest BCUT2D eigenvalue weighted by Crippen LogP contribution is -2.54. The Morgan fingerprint density at radius 3 is 2.48 bits per heavy atom. The highest BCUT2D eigenvalue weighted by Gasteiger charge is 2.36. The number of halogens is 2. The number of carbonyl (C=O) groups excluding carboxylic acids is 3. The van der Waals surface area contributed by atoms with Crippen LogP contribution in [0.15, 0.2) is 52.5 Å². The Morgan fingerprint density at radius 1 is 1.17 bits per heavy atom. The molecule has 3 rings (SSSR count). The summed E-state index contributed by atoms with van der Waals surface area (Å²) in [5.41, 5.74) is 0.475. The van der Waals surface area contributed by atoms with Gasteiger partial charge in [0.05, 0.1) is 10.2 Å². The SMILES string of the molecule is O=C(O)COc1ccc(/C=C2\C(=O)NC(=O)N(c3ccc(Cl)cc3)C2=O)cc1Br. The highest BCUT2D eigenvalue weighted by atomic mass is 79.9. The summed E-state index contributed by atoms with van der Waals surface area (Å²) in [4.78, 5) is 48.6. The Hall–Kier alpha value is -3.17. The van der Waals surface area contributed by atoms with E-state index in [1.807, 2.05) is 0 Å². The molecule has 2 N–H and O–H groups in total. The number of carboxylic acids is 1. The van der Waals surface area contributed by atoms with Crippen molar-refractivity contribution in [2.24, 2.45) is 0 Å². The van der Waals surface area contributed by atoms with Crippen molar-refractivity contribution in [3.8, 4) is 5.75 Å². The van der Waals surface area contributed by atoms with E-state index >= 15 is 0 Å². The highest BCUT2D eigenvalue weighted by Crippen LogP contribution is 2.28. The van der Waals surface area contributed by atoms with Crippen molar-refractivity contribution < 1.29 is 29.0 Å². The first-order valence-corrected chi connectivity index (χ1v) is 9.24. The summed E-state index contributed by atoms with van der Waals surface area (Å²) in [6.45, 7) is -0.516. The number of carbonyl (C=O) groups is 4. The van der Waals surface area contributed by atoms with Crippen LogP contribution in [0.3, 0.4) is 0 Å². The fraction of sp³-hybridized carbons (Fsp3) is 0.0526. The quantitative estimate of drug-likeness (QED) is 0.503. The lowest BCUT2D eigenvalue weighted by molar-refractivity contribution is -0.139. The summed E-state index contributed by atoms with van der Waals surface area (Å²) in [6, 6.07) is 9.72. The van der Waals surface area contributed by atoms with Crippen molar-refractivity contribution in [3.05, 3.63) is 63.1 Å². The number of nitrogens with zero attached hydrogens (tertiary/aromatic N) is 1. The Balaban J connectivity index is 1.91. The molecule has 29 heavy (non-hydrogen) atoms. The lowest BCUT2D eigenvalue weighted by atomic mass is 10.1. The maximum Gasteiger partial charge on any atom is 0.341 e. The van der Waals surface area contributed by atoms with Crippen molar-refractivity contribution in [1.29, 1.82) is 0 Å². The van der Waals surface area contributed by atoms with Gasteiger partial charge < -0.3 is 9.84 Å². The first kappa shape index (κ1) is 20.6. The number of rotatable bonds is 5. The number of hydrogen-bond donors (Lipinski definition) is 2. The van der Waals surface area contributed by atoms with E-state index in [1.165, 1.54) is 36.4 Å². The number of hydrogen-bond acceptors (Lipinski definition) is 5. The molecule has 0 atom stereocenters. The monoisotopic (exact) mass is 478 g/mol. The minimum Gasteiger partial charge on any atom is -0.481 e. The molecule has 0 unspecified atom stereocenters. The standard InChI is InChI=1S/C19H12BrClN2O6/c20-14-8-10(1-6-15(14)29-9-16(24)25)7-13-17(26)22-19(28)23(18(13)27)12-4-2-11(21)3-5-12/h1-8H,9H2,(H,24,25)(H,22,26,28)/b13-7+. The van der Waals surface area contributed by atoms with E-state index in [0.717, 1.165) is 4.90 Å². The maximum atomic E-state index is 12.8. The summed E-state index contributed by atoms with van der Waals surface area (Å²) in [5, 5.41) is 11.2. The van der Waals surface area contributed by atoms with Crippen LogP contribution in [0.25, 0.3) is 6.08 Å². The van der Waals surface area contributed by atoms with Crippen LogP contribution in [-0.4, -0.2) is 35.5 Å². The average Bonchev–Trinajstić information content (AvgIpc) is 2.65. The van der Waals surface area contributed by atoms with Gasteiger partial charge in [0.25, 0.3) is 11.8 Å². The second kappa shape index (κ2) is 8.46. The van der Waals surface area contributed by atoms with Gasteiger partial charge in [-0.1, -0.05) is 17.7 Å². The summed E-state index contributed by atoms with van der Waals surface area (Å²) in [7, 11) is 0. The van der Waals surface area contributed by atoms with Gasteiger partial charge in [0.15, 0.2) is 6.61 Å². The van der Waals surface area contributed by atoms with Gasteiger partial charge in [0.1, 0.15) is 11.3 Å². The van der Waals surface area contributed by atoms with Crippen LogP contribution >= 0.6 is 27.5 Å². The molecule has 148 valence electrons. The third-order valence-corrected chi connectivity index (χ3v) is 4.68. The molecule has 0 aromatic heterocycles. The molecule has 1 aliphatic heterocycles. The number of imide groups is 2. The number of barbiturate groups is 1. The Kier molecular flexibility index (Phi) is 6.00. The molecule has 0 bridgehead atoms. The van der Waals surface area contributed by atoms with Crippen molar-refractivity contribution in [3.63, 3.8) is 0 Å². The number of urea groups is 1. The molecule has 0 saturated carbocycles. The zero-order valence-corrected chi connectivity index (χ0v) is 16.9. The van der Waals surface area contributed by atoms with Gasteiger partial charge in [-0.3, -0.25) is 14.9 Å². The molecule has 8 nitrogen and oxygen atoms in total. The Bertz CT molecular complexity index is 1050. The van der Waals surface area contributed by atoms with E-state index in [2.05, 4.69) is 21.2 Å². The van der Waals surface area contributed by atoms with Crippen LogP contribution < -0.4 is 15.0 Å². The van der Waals surface area contributed by atoms with Crippen LogP contribution in [0, 0.1) is 0 Å². The minimum absolute atomic E-state index is 0.245. The van der Waals surface area contributed by atoms with Crippen molar-refractivity contribution >= 4 is 63.1 Å². The number of amides is 4. The van der Waals surface area contributed by atoms with Crippen LogP contribution in [0.4, 0.5) is 10.5 Å². The zero-order valence-electron chi connectivity index (χ0n) is 14.5. The summed E-state index contributed by atoms with van der Waals surface area (Å²) in [6.07, 6.45) is 1.32. The molecule has 2 aromatic carbocycles. The molecule has 1 aliphatic rings. The van der Waals surface area contributed by atoms with Crippen LogP contribution in [0.1, 0.15) is 5.56 Å². The van der Waals surface area contributed by atoms with Gasteiger partial charge in [-0.25, -0.2) is 14.5 Å². The third kappa shape index (κ3) is 4.64. The molecular weight excluding hydrogens is 468 g/mol. The number of ether oxygens (including phenoxy) is 1. The largest absolute Gasteiger partial charge is 0.481 e. The average molecular weight is 480 g/mol. The Morgan fingerprint density at radius 2 is 1.86 bits per heavy atom. The molecular formula is C19H12BrClN2O6. The smallest absolute Gasteiger partial charge is 0.341 e. The normalized spacial score (nSPS) is 15.4. The van der Waals surface area contributed by atoms with Crippen molar-refractivity contribution in [2.45, 2.75) is 0 Å². The molecule has 0 radical (unpaired) electrons. The van der Waals surface area contributed by atoms with Crippen LogP contribution in [0.5, 0.6) is 5.75 Å². The molecule has 2 aromatic rings. The van der Waals surface area contributed by atoms with Crippen LogP contribution in [0.2, 0.25) is 5.02 Å². The van der Waals surface area contributed by atoms with E-state index < -0.39 is 30.4 Å². The number of carboxylic acid groups (broad SMARTS) is 1.